The van der Waals surface area contributed by atoms with Crippen LogP contribution < -0.4 is 5.73 Å². The fourth-order valence-corrected chi connectivity index (χ4v) is 2.45. The van der Waals surface area contributed by atoms with Gasteiger partial charge in [-0.2, -0.15) is 0 Å². The Labute approximate surface area is 121 Å². The van der Waals surface area contributed by atoms with E-state index in [0.29, 0.717) is 12.5 Å². The predicted molar refractivity (Wildman–Crippen MR) is 81.4 cm³/mol. The number of hydrogen-bond acceptors (Lipinski definition) is 2. The van der Waals surface area contributed by atoms with E-state index in [1.807, 2.05) is 37.1 Å². The number of hydrogen-bond donors (Lipinski definition) is 1. The van der Waals surface area contributed by atoms with Crippen LogP contribution in [0.4, 0.5) is 0 Å². The van der Waals surface area contributed by atoms with Crippen LogP contribution in [0.1, 0.15) is 40.7 Å². The van der Waals surface area contributed by atoms with Gasteiger partial charge in [0.1, 0.15) is 0 Å². The molecule has 1 aromatic rings. The Hall–Kier alpha value is -1.79. The summed E-state index contributed by atoms with van der Waals surface area (Å²) in [6, 6.07) is 5.68. The standard InChI is InChI=1S/C17H22N2O/c1-13-11-16(9-8-15(13)7-4-10-18)17(20)19(2)12-14-5-3-6-14/h8-9,11,14H,3,5-6,10,12,18H2,1-2H3. The largest absolute Gasteiger partial charge is 0.341 e. The summed E-state index contributed by atoms with van der Waals surface area (Å²) in [6.45, 7) is 3.19. The van der Waals surface area contributed by atoms with Crippen LogP contribution in [0.15, 0.2) is 18.2 Å². The monoisotopic (exact) mass is 270 g/mol. The summed E-state index contributed by atoms with van der Waals surface area (Å²) in [7, 11) is 1.89. The van der Waals surface area contributed by atoms with Crippen molar-refractivity contribution >= 4 is 5.91 Å². The Bertz CT molecular complexity index is 550. The highest BCUT2D eigenvalue weighted by Gasteiger charge is 2.22. The summed E-state index contributed by atoms with van der Waals surface area (Å²) in [4.78, 5) is 14.2. The molecular weight excluding hydrogens is 248 g/mol. The average molecular weight is 270 g/mol. The van der Waals surface area contributed by atoms with Gasteiger partial charge < -0.3 is 10.6 Å². The third-order valence-corrected chi connectivity index (χ3v) is 3.90. The van der Waals surface area contributed by atoms with Gasteiger partial charge in [-0.25, -0.2) is 0 Å². The molecule has 0 atom stereocenters. The molecule has 0 radical (unpaired) electrons. The highest BCUT2D eigenvalue weighted by Crippen LogP contribution is 2.27. The fraction of sp³-hybridized carbons (Fsp3) is 0.471. The molecular formula is C17H22N2O. The Morgan fingerprint density at radius 1 is 1.45 bits per heavy atom. The van der Waals surface area contributed by atoms with Gasteiger partial charge in [0.2, 0.25) is 0 Å². The summed E-state index contributed by atoms with van der Waals surface area (Å²) in [5.74, 6) is 6.65. The van der Waals surface area contributed by atoms with Crippen molar-refractivity contribution in [3.05, 3.63) is 34.9 Å². The number of amides is 1. The summed E-state index contributed by atoms with van der Waals surface area (Å²) >= 11 is 0. The van der Waals surface area contributed by atoms with E-state index in [1.165, 1.54) is 19.3 Å². The number of carbonyl (C=O) groups excluding carboxylic acids is 1. The van der Waals surface area contributed by atoms with E-state index in [2.05, 4.69) is 11.8 Å². The molecule has 0 heterocycles. The van der Waals surface area contributed by atoms with Crippen molar-refractivity contribution in [1.82, 2.24) is 4.90 Å². The van der Waals surface area contributed by atoms with E-state index in [4.69, 9.17) is 5.73 Å². The first-order chi connectivity index (χ1) is 9.61. The minimum absolute atomic E-state index is 0.0957. The summed E-state index contributed by atoms with van der Waals surface area (Å²) in [5.41, 5.74) is 8.07. The van der Waals surface area contributed by atoms with E-state index in [-0.39, 0.29) is 5.91 Å². The molecule has 2 N–H and O–H groups in total. The Morgan fingerprint density at radius 2 is 2.20 bits per heavy atom. The van der Waals surface area contributed by atoms with E-state index >= 15 is 0 Å². The van der Waals surface area contributed by atoms with E-state index in [0.717, 1.165) is 23.2 Å². The topological polar surface area (TPSA) is 46.3 Å². The van der Waals surface area contributed by atoms with Gasteiger partial charge in [-0.1, -0.05) is 18.3 Å². The first-order valence-electron chi connectivity index (χ1n) is 7.17. The number of rotatable bonds is 3. The lowest BCUT2D eigenvalue weighted by Gasteiger charge is -2.30. The molecule has 0 spiro atoms. The zero-order valence-corrected chi connectivity index (χ0v) is 12.3. The lowest BCUT2D eigenvalue weighted by molar-refractivity contribution is 0.0745. The molecule has 1 aliphatic carbocycles. The molecule has 1 saturated carbocycles. The Morgan fingerprint density at radius 3 is 2.75 bits per heavy atom. The maximum absolute atomic E-state index is 12.4. The molecule has 3 heteroatoms. The SMILES string of the molecule is Cc1cc(C(=O)N(C)CC2CCC2)ccc1C#CCN. The Balaban J connectivity index is 2.07. The van der Waals surface area contributed by atoms with Crippen LogP contribution in [0.3, 0.4) is 0 Å². The average Bonchev–Trinajstić information content (AvgIpc) is 2.40. The minimum Gasteiger partial charge on any atom is -0.341 e. The first kappa shape index (κ1) is 14.6. The summed E-state index contributed by atoms with van der Waals surface area (Å²) in [6.07, 6.45) is 3.81. The zero-order chi connectivity index (χ0) is 14.5. The van der Waals surface area contributed by atoms with Gasteiger partial charge in [0, 0.05) is 24.7 Å². The molecule has 0 aliphatic heterocycles. The van der Waals surface area contributed by atoms with Crippen molar-refractivity contribution in [3.8, 4) is 11.8 Å². The van der Waals surface area contributed by atoms with Crippen LogP contribution in [0.5, 0.6) is 0 Å². The van der Waals surface area contributed by atoms with E-state index in [1.54, 1.807) is 0 Å². The first-order valence-corrected chi connectivity index (χ1v) is 7.17. The van der Waals surface area contributed by atoms with Crippen LogP contribution in [0.2, 0.25) is 0 Å². The predicted octanol–water partition coefficient (Wildman–Crippen LogP) is 2.18. The van der Waals surface area contributed by atoms with Gasteiger partial charge in [-0.05, 0) is 49.4 Å². The number of nitrogens with zero attached hydrogens (tertiary/aromatic N) is 1. The molecule has 2 rings (SSSR count). The molecule has 1 aliphatic rings. The second-order valence-corrected chi connectivity index (χ2v) is 5.52. The lowest BCUT2D eigenvalue weighted by Crippen LogP contribution is -2.34. The quantitative estimate of drug-likeness (QED) is 0.856. The van der Waals surface area contributed by atoms with Crippen LogP contribution in [-0.4, -0.2) is 30.9 Å². The van der Waals surface area contributed by atoms with Gasteiger partial charge in [0.15, 0.2) is 0 Å². The number of aryl methyl sites for hydroxylation is 1. The van der Waals surface area contributed by atoms with Crippen LogP contribution in [0.25, 0.3) is 0 Å². The van der Waals surface area contributed by atoms with Crippen LogP contribution in [0, 0.1) is 24.7 Å². The van der Waals surface area contributed by atoms with Crippen molar-refractivity contribution < 1.29 is 4.79 Å². The van der Waals surface area contributed by atoms with Gasteiger partial charge in [-0.15, -0.1) is 0 Å². The molecule has 1 aromatic carbocycles. The molecule has 1 amide bonds. The number of carbonyl (C=O) groups is 1. The van der Waals surface area contributed by atoms with Crippen LogP contribution in [-0.2, 0) is 0 Å². The zero-order valence-electron chi connectivity index (χ0n) is 12.3. The molecule has 20 heavy (non-hydrogen) atoms. The molecule has 0 aromatic heterocycles. The summed E-state index contributed by atoms with van der Waals surface area (Å²) in [5, 5.41) is 0. The third kappa shape index (κ3) is 3.40. The van der Waals surface area contributed by atoms with Crippen molar-refractivity contribution in [2.24, 2.45) is 11.7 Å². The lowest BCUT2D eigenvalue weighted by atomic mass is 9.85. The number of nitrogens with two attached hydrogens (primary N) is 1. The smallest absolute Gasteiger partial charge is 0.253 e. The van der Waals surface area contributed by atoms with Gasteiger partial charge in [0.05, 0.1) is 6.54 Å². The third-order valence-electron chi connectivity index (χ3n) is 3.90. The van der Waals surface area contributed by atoms with E-state index < -0.39 is 0 Å². The molecule has 0 bridgehead atoms. The highest BCUT2D eigenvalue weighted by molar-refractivity contribution is 5.94. The normalized spacial score (nSPS) is 14.2. The van der Waals surface area contributed by atoms with Gasteiger partial charge in [0.25, 0.3) is 5.91 Å². The van der Waals surface area contributed by atoms with Crippen molar-refractivity contribution in [3.63, 3.8) is 0 Å². The molecule has 3 nitrogen and oxygen atoms in total. The van der Waals surface area contributed by atoms with E-state index in [9.17, 15) is 4.79 Å². The fourth-order valence-electron chi connectivity index (χ4n) is 2.45. The van der Waals surface area contributed by atoms with Crippen molar-refractivity contribution in [2.75, 3.05) is 20.1 Å². The minimum atomic E-state index is 0.0957. The van der Waals surface area contributed by atoms with Gasteiger partial charge in [-0.3, -0.25) is 4.79 Å². The van der Waals surface area contributed by atoms with Crippen molar-refractivity contribution in [1.29, 1.82) is 0 Å². The highest BCUT2D eigenvalue weighted by atomic mass is 16.2. The molecule has 0 unspecified atom stereocenters. The van der Waals surface area contributed by atoms with Crippen LogP contribution >= 0.6 is 0 Å². The van der Waals surface area contributed by atoms with Crippen molar-refractivity contribution in [2.45, 2.75) is 26.2 Å². The maximum atomic E-state index is 12.4. The van der Waals surface area contributed by atoms with Gasteiger partial charge >= 0.3 is 0 Å². The molecule has 106 valence electrons. The second kappa shape index (κ2) is 6.58. The summed E-state index contributed by atoms with van der Waals surface area (Å²) < 4.78 is 0. The molecule has 0 saturated heterocycles. The Kier molecular flexibility index (Phi) is 4.81. The molecule has 1 fully saturated rings. The second-order valence-electron chi connectivity index (χ2n) is 5.52. The number of benzene rings is 1. The maximum Gasteiger partial charge on any atom is 0.253 e.